The lowest BCUT2D eigenvalue weighted by atomic mass is 10.1. The number of carbonyl (C=O) groups excluding carboxylic acids is 1. The number of hydrogen-bond donors (Lipinski definition) is 3. The SMILES string of the molecule is Cc1cc(C)n(-c2ccc(CNC(=O)NCCC(=O)O)c(C(F)(F)F)c2)n1. The zero-order valence-electron chi connectivity index (χ0n) is 14.7. The zero-order valence-corrected chi connectivity index (χ0v) is 14.7. The van der Waals surface area contributed by atoms with Crippen LogP contribution in [0.1, 0.15) is 28.9 Å². The predicted molar refractivity (Wildman–Crippen MR) is 90.5 cm³/mol. The maximum Gasteiger partial charge on any atom is 0.416 e. The molecule has 0 unspecified atom stereocenters. The van der Waals surface area contributed by atoms with Crippen LogP contribution in [0.25, 0.3) is 5.69 Å². The van der Waals surface area contributed by atoms with Crippen LogP contribution in [0, 0.1) is 13.8 Å². The number of amides is 2. The van der Waals surface area contributed by atoms with Crippen LogP contribution >= 0.6 is 0 Å². The van der Waals surface area contributed by atoms with Crippen LogP contribution in [0.15, 0.2) is 24.3 Å². The molecule has 0 fully saturated rings. The van der Waals surface area contributed by atoms with Gasteiger partial charge in [0.25, 0.3) is 0 Å². The first-order valence-corrected chi connectivity index (χ1v) is 8.05. The van der Waals surface area contributed by atoms with E-state index in [2.05, 4.69) is 15.7 Å². The minimum absolute atomic E-state index is 0.110. The summed E-state index contributed by atoms with van der Waals surface area (Å²) in [5.41, 5.74) is 0.663. The number of halogens is 3. The minimum Gasteiger partial charge on any atom is -0.481 e. The van der Waals surface area contributed by atoms with Crippen molar-refractivity contribution >= 4 is 12.0 Å². The van der Waals surface area contributed by atoms with E-state index in [9.17, 15) is 22.8 Å². The van der Waals surface area contributed by atoms with Gasteiger partial charge in [0.05, 0.1) is 23.4 Å². The van der Waals surface area contributed by atoms with E-state index in [-0.39, 0.29) is 30.8 Å². The van der Waals surface area contributed by atoms with Gasteiger partial charge >= 0.3 is 18.2 Å². The maximum absolute atomic E-state index is 13.4. The lowest BCUT2D eigenvalue weighted by Gasteiger charge is -2.16. The molecule has 0 radical (unpaired) electrons. The van der Waals surface area contributed by atoms with Crippen LogP contribution < -0.4 is 10.6 Å². The minimum atomic E-state index is -4.61. The number of aromatic nitrogens is 2. The quantitative estimate of drug-likeness (QED) is 0.714. The number of alkyl halides is 3. The Morgan fingerprint density at radius 2 is 1.89 bits per heavy atom. The molecule has 1 aromatic carbocycles. The van der Waals surface area contributed by atoms with Crippen molar-refractivity contribution in [1.82, 2.24) is 20.4 Å². The summed E-state index contributed by atoms with van der Waals surface area (Å²) >= 11 is 0. The monoisotopic (exact) mass is 384 g/mol. The summed E-state index contributed by atoms with van der Waals surface area (Å²) in [6.07, 6.45) is -4.89. The number of nitrogens with one attached hydrogen (secondary N) is 2. The van der Waals surface area contributed by atoms with Crippen molar-refractivity contribution in [3.8, 4) is 5.69 Å². The van der Waals surface area contributed by atoms with Gasteiger partial charge in [0.2, 0.25) is 0 Å². The number of hydrogen-bond acceptors (Lipinski definition) is 3. The largest absolute Gasteiger partial charge is 0.481 e. The highest BCUT2D eigenvalue weighted by Gasteiger charge is 2.34. The fourth-order valence-electron chi connectivity index (χ4n) is 2.53. The van der Waals surface area contributed by atoms with Crippen LogP contribution in [0.5, 0.6) is 0 Å². The van der Waals surface area contributed by atoms with Crippen molar-refractivity contribution < 1.29 is 27.9 Å². The average molecular weight is 384 g/mol. The normalized spacial score (nSPS) is 11.3. The van der Waals surface area contributed by atoms with Gasteiger partial charge in [0, 0.05) is 18.8 Å². The maximum atomic E-state index is 13.4. The molecule has 0 saturated heterocycles. The highest BCUT2D eigenvalue weighted by Crippen LogP contribution is 2.33. The summed E-state index contributed by atoms with van der Waals surface area (Å²) in [6.45, 7) is 3.01. The topological polar surface area (TPSA) is 96.2 Å². The third kappa shape index (κ3) is 5.47. The number of carbonyl (C=O) groups is 2. The molecule has 0 saturated carbocycles. The molecule has 0 atom stereocenters. The van der Waals surface area contributed by atoms with Gasteiger partial charge in [-0.25, -0.2) is 9.48 Å². The Morgan fingerprint density at radius 3 is 2.44 bits per heavy atom. The Bertz CT molecular complexity index is 846. The molecule has 2 rings (SSSR count). The molecule has 7 nitrogen and oxygen atoms in total. The predicted octanol–water partition coefficient (Wildman–Crippen LogP) is 2.78. The van der Waals surface area contributed by atoms with E-state index in [1.54, 1.807) is 19.9 Å². The van der Waals surface area contributed by atoms with Crippen molar-refractivity contribution in [1.29, 1.82) is 0 Å². The summed E-state index contributed by atoms with van der Waals surface area (Å²) in [6, 6.07) is 4.77. The fourth-order valence-corrected chi connectivity index (χ4v) is 2.53. The molecule has 2 amide bonds. The zero-order chi connectivity index (χ0) is 20.2. The van der Waals surface area contributed by atoms with Crippen LogP contribution in [0.4, 0.5) is 18.0 Å². The van der Waals surface area contributed by atoms with Crippen molar-refractivity contribution in [2.75, 3.05) is 6.54 Å². The van der Waals surface area contributed by atoms with Gasteiger partial charge in [-0.2, -0.15) is 18.3 Å². The van der Waals surface area contributed by atoms with E-state index >= 15 is 0 Å². The Balaban J connectivity index is 2.18. The Labute approximate surface area is 153 Å². The van der Waals surface area contributed by atoms with Gasteiger partial charge in [-0.3, -0.25) is 4.79 Å². The molecule has 2 aromatic rings. The molecule has 0 spiro atoms. The van der Waals surface area contributed by atoms with Crippen molar-refractivity contribution in [2.24, 2.45) is 0 Å². The third-order valence-corrected chi connectivity index (χ3v) is 3.72. The molecular formula is C17H19F3N4O3. The van der Waals surface area contributed by atoms with Gasteiger partial charge in [-0.15, -0.1) is 0 Å². The molecule has 3 N–H and O–H groups in total. The number of aliphatic carboxylic acids is 1. The van der Waals surface area contributed by atoms with Gasteiger partial charge < -0.3 is 15.7 Å². The smallest absolute Gasteiger partial charge is 0.416 e. The molecule has 10 heteroatoms. The van der Waals surface area contributed by atoms with Crippen LogP contribution in [-0.4, -0.2) is 33.4 Å². The number of carboxylic acids is 1. The number of aryl methyl sites for hydroxylation is 2. The lowest BCUT2D eigenvalue weighted by Crippen LogP contribution is -2.36. The second-order valence-electron chi connectivity index (χ2n) is 5.93. The van der Waals surface area contributed by atoms with E-state index < -0.39 is 23.7 Å². The van der Waals surface area contributed by atoms with Crippen molar-refractivity contribution in [3.63, 3.8) is 0 Å². The lowest BCUT2D eigenvalue weighted by molar-refractivity contribution is -0.138. The second-order valence-corrected chi connectivity index (χ2v) is 5.93. The number of carboxylic acid groups (broad SMARTS) is 1. The van der Waals surface area contributed by atoms with E-state index in [0.717, 1.165) is 6.07 Å². The van der Waals surface area contributed by atoms with E-state index in [1.165, 1.54) is 16.8 Å². The van der Waals surface area contributed by atoms with Crippen molar-refractivity contribution in [3.05, 3.63) is 46.8 Å². The van der Waals surface area contributed by atoms with Gasteiger partial charge in [-0.1, -0.05) is 6.07 Å². The molecular weight excluding hydrogens is 365 g/mol. The Morgan fingerprint density at radius 1 is 1.19 bits per heavy atom. The first-order chi connectivity index (χ1) is 12.6. The Hall–Kier alpha value is -3.04. The third-order valence-electron chi connectivity index (χ3n) is 3.72. The van der Waals surface area contributed by atoms with Crippen LogP contribution in [0.2, 0.25) is 0 Å². The van der Waals surface area contributed by atoms with E-state index in [0.29, 0.717) is 11.4 Å². The molecule has 1 heterocycles. The summed E-state index contributed by atoms with van der Waals surface area (Å²) in [5, 5.41) is 17.2. The second kappa shape index (κ2) is 8.11. The molecule has 0 bridgehead atoms. The summed E-state index contributed by atoms with van der Waals surface area (Å²) in [7, 11) is 0. The van der Waals surface area contributed by atoms with E-state index in [1.807, 2.05) is 0 Å². The first-order valence-electron chi connectivity index (χ1n) is 8.05. The van der Waals surface area contributed by atoms with E-state index in [4.69, 9.17) is 5.11 Å². The fraction of sp³-hybridized carbons (Fsp3) is 0.353. The highest BCUT2D eigenvalue weighted by molar-refractivity contribution is 5.75. The summed E-state index contributed by atoms with van der Waals surface area (Å²) < 4.78 is 41.7. The van der Waals surface area contributed by atoms with Gasteiger partial charge in [-0.05, 0) is 37.6 Å². The average Bonchev–Trinajstić information content (AvgIpc) is 2.90. The summed E-state index contributed by atoms with van der Waals surface area (Å²) in [4.78, 5) is 22.0. The molecule has 0 aliphatic carbocycles. The first kappa shape index (κ1) is 20.3. The van der Waals surface area contributed by atoms with Crippen molar-refractivity contribution in [2.45, 2.75) is 33.0 Å². The Kier molecular flexibility index (Phi) is 6.09. The van der Waals surface area contributed by atoms with Gasteiger partial charge in [0.1, 0.15) is 0 Å². The molecule has 0 aliphatic rings. The number of benzene rings is 1. The van der Waals surface area contributed by atoms with Gasteiger partial charge in [0.15, 0.2) is 0 Å². The van der Waals surface area contributed by atoms with Crippen LogP contribution in [-0.2, 0) is 17.5 Å². The highest BCUT2D eigenvalue weighted by atomic mass is 19.4. The summed E-state index contributed by atoms with van der Waals surface area (Å²) in [5.74, 6) is -1.09. The number of urea groups is 1. The molecule has 1 aromatic heterocycles. The number of nitrogens with zero attached hydrogens (tertiary/aromatic N) is 2. The number of rotatable bonds is 6. The molecule has 0 aliphatic heterocycles. The molecule has 27 heavy (non-hydrogen) atoms. The van der Waals surface area contributed by atoms with Crippen LogP contribution in [0.3, 0.4) is 0 Å². The standard InChI is InChI=1S/C17H19F3N4O3/c1-10-7-11(2)24(23-10)13-4-3-12(14(8-13)17(18,19)20)9-22-16(27)21-6-5-15(25)26/h3-4,7-8H,5-6,9H2,1-2H3,(H,25,26)(H2,21,22,27). The molecule has 146 valence electrons.